The van der Waals surface area contributed by atoms with E-state index in [1.54, 1.807) is 0 Å². The van der Waals surface area contributed by atoms with Crippen molar-refractivity contribution in [2.45, 2.75) is 25.2 Å². The molecule has 0 spiro atoms. The van der Waals surface area contributed by atoms with Crippen LogP contribution in [-0.4, -0.2) is 37.3 Å². The SMILES string of the molecule is CC(C(=O)O)(C(=O)CCc1ccc(O)c(O)c1)c1ccc(O)c(O)c1. The summed E-state index contributed by atoms with van der Waals surface area (Å²) in [5, 5.41) is 47.3. The molecule has 0 fully saturated rings. The van der Waals surface area contributed by atoms with Crippen LogP contribution in [0.15, 0.2) is 36.4 Å². The molecule has 0 radical (unpaired) electrons. The van der Waals surface area contributed by atoms with Crippen molar-refractivity contribution >= 4 is 11.8 Å². The Kier molecular flexibility index (Phi) is 4.87. The van der Waals surface area contributed by atoms with Gasteiger partial charge in [-0.25, -0.2) is 0 Å². The lowest BCUT2D eigenvalue weighted by Crippen LogP contribution is -2.41. The average molecular weight is 346 g/mol. The largest absolute Gasteiger partial charge is 0.504 e. The number of aromatic hydroxyl groups is 4. The van der Waals surface area contributed by atoms with Crippen LogP contribution in [0.1, 0.15) is 24.5 Å². The maximum Gasteiger partial charge on any atom is 0.321 e. The normalized spacial score (nSPS) is 13.2. The second-order valence-corrected chi connectivity index (χ2v) is 5.88. The first-order valence-electron chi connectivity index (χ1n) is 7.46. The van der Waals surface area contributed by atoms with Crippen LogP contribution in [0.4, 0.5) is 0 Å². The topological polar surface area (TPSA) is 135 Å². The number of rotatable bonds is 6. The van der Waals surface area contributed by atoms with Gasteiger partial charge in [-0.05, 0) is 48.7 Å². The summed E-state index contributed by atoms with van der Waals surface area (Å²) in [6.07, 6.45) is 0.0360. The Balaban J connectivity index is 2.26. The zero-order valence-electron chi connectivity index (χ0n) is 13.4. The predicted octanol–water partition coefficient (Wildman–Crippen LogP) is 2.05. The average Bonchev–Trinajstić information content (AvgIpc) is 2.57. The summed E-state index contributed by atoms with van der Waals surface area (Å²) in [7, 11) is 0. The van der Waals surface area contributed by atoms with Gasteiger partial charge in [-0.1, -0.05) is 12.1 Å². The first-order chi connectivity index (χ1) is 11.7. The number of phenolic OH excluding ortho intramolecular Hbond substituents is 4. The number of carboxylic acid groups (broad SMARTS) is 1. The minimum absolute atomic E-state index is 0.0499. The zero-order valence-corrected chi connectivity index (χ0v) is 13.4. The third-order valence-corrected chi connectivity index (χ3v) is 4.22. The first kappa shape index (κ1) is 18.1. The van der Waals surface area contributed by atoms with Crippen molar-refractivity contribution in [3.05, 3.63) is 47.5 Å². The van der Waals surface area contributed by atoms with Crippen LogP contribution in [0, 0.1) is 0 Å². The number of carbonyl (C=O) groups excluding carboxylic acids is 1. The Bertz CT molecular complexity index is 828. The van der Waals surface area contributed by atoms with Crippen molar-refractivity contribution in [2.24, 2.45) is 0 Å². The van der Waals surface area contributed by atoms with Crippen LogP contribution in [0.2, 0.25) is 0 Å². The minimum Gasteiger partial charge on any atom is -0.504 e. The number of hydrogen-bond acceptors (Lipinski definition) is 6. The highest BCUT2D eigenvalue weighted by molar-refractivity contribution is 6.08. The molecule has 0 aliphatic carbocycles. The van der Waals surface area contributed by atoms with Gasteiger partial charge in [0.2, 0.25) is 0 Å². The molecule has 7 heteroatoms. The van der Waals surface area contributed by atoms with E-state index < -0.39 is 28.7 Å². The molecule has 0 bridgehead atoms. The molecule has 5 N–H and O–H groups in total. The summed E-state index contributed by atoms with van der Waals surface area (Å²) in [6, 6.07) is 7.54. The number of aliphatic carboxylic acids is 1. The Morgan fingerprint density at radius 1 is 0.880 bits per heavy atom. The van der Waals surface area contributed by atoms with E-state index in [1.165, 1.54) is 31.2 Å². The summed E-state index contributed by atoms with van der Waals surface area (Å²) in [5.74, 6) is -3.52. The molecule has 2 aromatic carbocycles. The maximum atomic E-state index is 12.6. The third-order valence-electron chi connectivity index (χ3n) is 4.22. The Morgan fingerprint density at radius 2 is 1.44 bits per heavy atom. The van der Waals surface area contributed by atoms with Gasteiger partial charge in [0.25, 0.3) is 0 Å². The minimum atomic E-state index is -1.90. The molecule has 1 atom stereocenters. The highest BCUT2D eigenvalue weighted by Crippen LogP contribution is 2.34. The standard InChI is InChI=1S/C18H18O7/c1-18(17(24)25,11-4-6-13(20)15(22)9-11)16(23)7-3-10-2-5-12(19)14(21)8-10/h2,4-6,8-9,19-22H,3,7H2,1H3,(H,24,25). The fourth-order valence-electron chi connectivity index (χ4n) is 2.47. The van der Waals surface area contributed by atoms with Gasteiger partial charge < -0.3 is 25.5 Å². The van der Waals surface area contributed by atoms with Gasteiger partial charge in [0.05, 0.1) is 0 Å². The molecule has 1 unspecified atom stereocenters. The molecule has 0 saturated carbocycles. The summed E-state index contributed by atoms with van der Waals surface area (Å²) in [5.41, 5.74) is -1.29. The fourth-order valence-corrected chi connectivity index (χ4v) is 2.47. The Morgan fingerprint density at radius 3 is 1.96 bits per heavy atom. The fraction of sp³-hybridized carbons (Fsp3) is 0.222. The molecule has 7 nitrogen and oxygen atoms in total. The summed E-state index contributed by atoms with van der Waals surface area (Å²) in [4.78, 5) is 24.3. The number of carboxylic acids is 1. The Labute approximate surface area is 143 Å². The summed E-state index contributed by atoms with van der Waals surface area (Å²) >= 11 is 0. The molecule has 132 valence electrons. The van der Waals surface area contributed by atoms with Crippen molar-refractivity contribution in [3.63, 3.8) is 0 Å². The molecule has 0 heterocycles. The number of benzene rings is 2. The van der Waals surface area contributed by atoms with Crippen LogP contribution in [0.25, 0.3) is 0 Å². The summed E-state index contributed by atoms with van der Waals surface area (Å²) < 4.78 is 0. The first-order valence-corrected chi connectivity index (χ1v) is 7.46. The zero-order chi connectivity index (χ0) is 18.8. The van der Waals surface area contributed by atoms with E-state index in [4.69, 9.17) is 0 Å². The quantitative estimate of drug-likeness (QED) is 0.399. The lowest BCUT2D eigenvalue weighted by Gasteiger charge is -2.24. The molecule has 2 aromatic rings. The van der Waals surface area contributed by atoms with Gasteiger partial charge in [0, 0.05) is 6.42 Å². The van der Waals surface area contributed by atoms with Crippen LogP contribution >= 0.6 is 0 Å². The number of hydrogen-bond donors (Lipinski definition) is 5. The van der Waals surface area contributed by atoms with Crippen molar-refractivity contribution in [1.29, 1.82) is 0 Å². The van der Waals surface area contributed by atoms with Crippen LogP contribution < -0.4 is 0 Å². The molecule has 0 aliphatic rings. The van der Waals surface area contributed by atoms with Crippen LogP contribution in [-0.2, 0) is 21.4 Å². The van der Waals surface area contributed by atoms with E-state index in [-0.39, 0.29) is 29.9 Å². The number of carbonyl (C=O) groups is 2. The van der Waals surface area contributed by atoms with E-state index in [0.717, 1.165) is 12.1 Å². The second-order valence-electron chi connectivity index (χ2n) is 5.88. The van der Waals surface area contributed by atoms with Crippen molar-refractivity contribution in [3.8, 4) is 23.0 Å². The van der Waals surface area contributed by atoms with Gasteiger partial charge in [-0.2, -0.15) is 0 Å². The predicted molar refractivity (Wildman–Crippen MR) is 87.9 cm³/mol. The number of phenols is 4. The number of Topliss-reactive ketones (excluding diaryl/α,β-unsaturated/α-hetero) is 1. The van der Waals surface area contributed by atoms with Gasteiger partial charge >= 0.3 is 5.97 Å². The lowest BCUT2D eigenvalue weighted by atomic mass is 9.76. The maximum absolute atomic E-state index is 12.6. The Hall–Kier alpha value is -3.22. The third kappa shape index (κ3) is 3.50. The molecular weight excluding hydrogens is 328 g/mol. The van der Waals surface area contributed by atoms with E-state index in [9.17, 15) is 35.1 Å². The number of ketones is 1. The van der Waals surface area contributed by atoms with E-state index in [2.05, 4.69) is 0 Å². The van der Waals surface area contributed by atoms with E-state index in [0.29, 0.717) is 5.56 Å². The molecule has 0 saturated heterocycles. The van der Waals surface area contributed by atoms with Gasteiger partial charge in [-0.3, -0.25) is 9.59 Å². The molecule has 2 rings (SSSR count). The van der Waals surface area contributed by atoms with Crippen molar-refractivity contribution in [1.82, 2.24) is 0 Å². The van der Waals surface area contributed by atoms with Gasteiger partial charge in [-0.15, -0.1) is 0 Å². The highest BCUT2D eigenvalue weighted by Gasteiger charge is 2.42. The highest BCUT2D eigenvalue weighted by atomic mass is 16.4. The smallest absolute Gasteiger partial charge is 0.321 e. The van der Waals surface area contributed by atoms with Crippen LogP contribution in [0.3, 0.4) is 0 Å². The molecule has 25 heavy (non-hydrogen) atoms. The molecule has 0 aliphatic heterocycles. The number of aryl methyl sites for hydroxylation is 1. The second kappa shape index (κ2) is 6.72. The van der Waals surface area contributed by atoms with Crippen molar-refractivity contribution in [2.75, 3.05) is 0 Å². The molecule has 0 amide bonds. The molecule has 0 aromatic heterocycles. The van der Waals surface area contributed by atoms with E-state index in [1.807, 2.05) is 0 Å². The van der Waals surface area contributed by atoms with E-state index >= 15 is 0 Å². The monoisotopic (exact) mass is 346 g/mol. The lowest BCUT2D eigenvalue weighted by molar-refractivity contribution is -0.148. The molecular formula is C18H18O7. The van der Waals surface area contributed by atoms with Gasteiger partial charge in [0.1, 0.15) is 5.41 Å². The van der Waals surface area contributed by atoms with Crippen LogP contribution in [0.5, 0.6) is 23.0 Å². The van der Waals surface area contributed by atoms with Crippen molar-refractivity contribution < 1.29 is 35.1 Å². The van der Waals surface area contributed by atoms with Gasteiger partial charge in [0.15, 0.2) is 28.8 Å². The summed E-state index contributed by atoms with van der Waals surface area (Å²) in [6.45, 7) is 1.23.